The van der Waals surface area contributed by atoms with Crippen molar-refractivity contribution in [2.75, 3.05) is 13.1 Å². The first-order valence-electron chi connectivity index (χ1n) is 10.1. The van der Waals surface area contributed by atoms with Gasteiger partial charge in [0, 0.05) is 24.1 Å². The number of amides is 2. The van der Waals surface area contributed by atoms with Crippen molar-refractivity contribution in [3.05, 3.63) is 59.9 Å². The Morgan fingerprint density at radius 2 is 1.76 bits per heavy atom. The molecular formula is C24H29FN2O2. The van der Waals surface area contributed by atoms with Crippen LogP contribution >= 0.6 is 0 Å². The third kappa shape index (κ3) is 4.50. The summed E-state index contributed by atoms with van der Waals surface area (Å²) in [7, 11) is 0. The van der Waals surface area contributed by atoms with E-state index in [1.54, 1.807) is 23.1 Å². The van der Waals surface area contributed by atoms with E-state index < -0.39 is 10.8 Å². The highest BCUT2D eigenvalue weighted by atomic mass is 19.1. The van der Waals surface area contributed by atoms with Crippen molar-refractivity contribution in [3.8, 4) is 11.1 Å². The number of piperidine rings is 1. The third-order valence-corrected chi connectivity index (χ3v) is 5.71. The molecule has 1 fully saturated rings. The number of carbonyl (C=O) groups is 2. The van der Waals surface area contributed by atoms with Gasteiger partial charge in [0.25, 0.3) is 0 Å². The van der Waals surface area contributed by atoms with E-state index in [1.807, 2.05) is 45.0 Å². The van der Waals surface area contributed by atoms with E-state index in [0.29, 0.717) is 31.5 Å². The molecule has 3 rings (SSSR count). The molecule has 1 saturated heterocycles. The van der Waals surface area contributed by atoms with E-state index in [9.17, 15) is 14.0 Å². The molecule has 0 spiro atoms. The second kappa shape index (κ2) is 7.97. The summed E-state index contributed by atoms with van der Waals surface area (Å²) in [6.07, 6.45) is 1.87. The summed E-state index contributed by atoms with van der Waals surface area (Å²) in [5.41, 5.74) is 6.84. The zero-order valence-corrected chi connectivity index (χ0v) is 17.4. The molecule has 1 heterocycles. The fourth-order valence-electron chi connectivity index (χ4n) is 4.10. The first-order chi connectivity index (χ1) is 13.6. The van der Waals surface area contributed by atoms with Gasteiger partial charge in [0.1, 0.15) is 5.82 Å². The SMILES string of the molecule is CC(C)(C)C(=O)N1CCCC(Cc2ccc(-c3ccccc3F)cc2)(C(N)=O)C1. The molecule has 0 bridgehead atoms. The van der Waals surface area contributed by atoms with Crippen LogP contribution in [-0.4, -0.2) is 29.8 Å². The van der Waals surface area contributed by atoms with Gasteiger partial charge in [-0.2, -0.15) is 0 Å². The van der Waals surface area contributed by atoms with Gasteiger partial charge in [0.2, 0.25) is 11.8 Å². The molecule has 154 valence electrons. The number of nitrogens with zero attached hydrogens (tertiary/aromatic N) is 1. The number of primary amides is 1. The quantitative estimate of drug-likeness (QED) is 0.843. The lowest BCUT2D eigenvalue weighted by molar-refractivity contribution is -0.146. The first-order valence-corrected chi connectivity index (χ1v) is 10.1. The minimum Gasteiger partial charge on any atom is -0.369 e. The lowest BCUT2D eigenvalue weighted by Crippen LogP contribution is -2.55. The maximum atomic E-state index is 14.0. The second-order valence-electron chi connectivity index (χ2n) is 9.08. The van der Waals surface area contributed by atoms with Gasteiger partial charge in [-0.3, -0.25) is 9.59 Å². The number of carbonyl (C=O) groups excluding carboxylic acids is 2. The van der Waals surface area contributed by atoms with Crippen LogP contribution in [0.15, 0.2) is 48.5 Å². The van der Waals surface area contributed by atoms with E-state index in [2.05, 4.69) is 0 Å². The predicted octanol–water partition coefficient (Wildman–Crippen LogP) is 4.18. The van der Waals surface area contributed by atoms with E-state index in [0.717, 1.165) is 17.5 Å². The van der Waals surface area contributed by atoms with Gasteiger partial charge in [-0.25, -0.2) is 4.39 Å². The Morgan fingerprint density at radius 3 is 2.34 bits per heavy atom. The Kier molecular flexibility index (Phi) is 5.78. The topological polar surface area (TPSA) is 63.4 Å². The molecule has 2 aromatic rings. The second-order valence-corrected chi connectivity index (χ2v) is 9.08. The molecule has 4 nitrogen and oxygen atoms in total. The summed E-state index contributed by atoms with van der Waals surface area (Å²) in [6, 6.07) is 14.2. The molecule has 1 unspecified atom stereocenters. The number of likely N-dealkylation sites (tertiary alicyclic amines) is 1. The molecule has 0 aliphatic carbocycles. The molecule has 29 heavy (non-hydrogen) atoms. The summed E-state index contributed by atoms with van der Waals surface area (Å²) in [5.74, 6) is -0.600. The van der Waals surface area contributed by atoms with Gasteiger partial charge in [-0.15, -0.1) is 0 Å². The van der Waals surface area contributed by atoms with Gasteiger partial charge in [-0.05, 0) is 36.5 Å². The number of hydrogen-bond donors (Lipinski definition) is 1. The smallest absolute Gasteiger partial charge is 0.227 e. The number of rotatable bonds is 4. The average molecular weight is 397 g/mol. The van der Waals surface area contributed by atoms with Gasteiger partial charge in [-0.1, -0.05) is 63.2 Å². The minimum absolute atomic E-state index is 0.0396. The van der Waals surface area contributed by atoms with E-state index in [1.165, 1.54) is 6.07 Å². The average Bonchev–Trinajstić information content (AvgIpc) is 2.68. The molecule has 5 heteroatoms. The summed E-state index contributed by atoms with van der Waals surface area (Å²) < 4.78 is 14.0. The van der Waals surface area contributed by atoms with Crippen LogP contribution < -0.4 is 5.73 Å². The number of nitrogens with two attached hydrogens (primary N) is 1. The molecule has 0 aromatic heterocycles. The zero-order valence-electron chi connectivity index (χ0n) is 17.4. The summed E-state index contributed by atoms with van der Waals surface area (Å²) >= 11 is 0. The van der Waals surface area contributed by atoms with Crippen molar-refractivity contribution in [1.29, 1.82) is 0 Å². The van der Waals surface area contributed by atoms with E-state index in [4.69, 9.17) is 5.73 Å². The Morgan fingerprint density at radius 1 is 1.10 bits per heavy atom. The minimum atomic E-state index is -0.779. The summed E-state index contributed by atoms with van der Waals surface area (Å²) in [6.45, 7) is 6.65. The van der Waals surface area contributed by atoms with Gasteiger partial charge in [0.05, 0.1) is 5.41 Å². The van der Waals surface area contributed by atoms with E-state index in [-0.39, 0.29) is 17.6 Å². The Bertz CT molecular complexity index is 902. The third-order valence-electron chi connectivity index (χ3n) is 5.71. The van der Waals surface area contributed by atoms with Crippen LogP contribution in [0.2, 0.25) is 0 Å². The molecule has 2 aromatic carbocycles. The Hall–Kier alpha value is -2.69. The van der Waals surface area contributed by atoms with Crippen molar-refractivity contribution in [3.63, 3.8) is 0 Å². The van der Waals surface area contributed by atoms with Crippen molar-refractivity contribution in [1.82, 2.24) is 4.90 Å². The van der Waals surface area contributed by atoms with Crippen LogP contribution in [0.3, 0.4) is 0 Å². The van der Waals surface area contributed by atoms with Crippen LogP contribution in [0, 0.1) is 16.6 Å². The molecule has 0 saturated carbocycles. The van der Waals surface area contributed by atoms with Gasteiger partial charge < -0.3 is 10.6 Å². The molecule has 2 amide bonds. The van der Waals surface area contributed by atoms with Crippen molar-refractivity contribution < 1.29 is 14.0 Å². The molecule has 1 aliphatic heterocycles. The number of halogens is 1. The molecule has 1 aliphatic rings. The predicted molar refractivity (Wildman–Crippen MR) is 112 cm³/mol. The number of benzene rings is 2. The van der Waals surface area contributed by atoms with Crippen LogP contribution in [0.1, 0.15) is 39.2 Å². The van der Waals surface area contributed by atoms with Crippen LogP contribution in [0.4, 0.5) is 4.39 Å². The first kappa shape index (κ1) is 21.0. The highest BCUT2D eigenvalue weighted by molar-refractivity contribution is 5.85. The standard InChI is InChI=1S/C24H29FN2O2/c1-23(2,3)22(29)27-14-6-13-24(16-27,21(26)28)15-17-9-11-18(12-10-17)19-7-4-5-8-20(19)25/h4-5,7-12H,6,13-16H2,1-3H3,(H2,26,28). The normalized spacial score (nSPS) is 19.8. The molecule has 1 atom stereocenters. The highest BCUT2D eigenvalue weighted by Crippen LogP contribution is 2.36. The molecule has 2 N–H and O–H groups in total. The fourth-order valence-corrected chi connectivity index (χ4v) is 4.10. The largest absolute Gasteiger partial charge is 0.369 e. The fraction of sp³-hybridized carbons (Fsp3) is 0.417. The summed E-state index contributed by atoms with van der Waals surface area (Å²) in [4.78, 5) is 27.0. The highest BCUT2D eigenvalue weighted by Gasteiger charge is 2.43. The van der Waals surface area contributed by atoms with Crippen LogP contribution in [0.25, 0.3) is 11.1 Å². The molecule has 0 radical (unpaired) electrons. The van der Waals surface area contributed by atoms with Crippen molar-refractivity contribution in [2.24, 2.45) is 16.6 Å². The van der Waals surface area contributed by atoms with Crippen LogP contribution in [0.5, 0.6) is 0 Å². The maximum Gasteiger partial charge on any atom is 0.227 e. The van der Waals surface area contributed by atoms with Crippen molar-refractivity contribution >= 4 is 11.8 Å². The lowest BCUT2D eigenvalue weighted by Gasteiger charge is -2.42. The van der Waals surface area contributed by atoms with Gasteiger partial charge in [0.15, 0.2) is 0 Å². The van der Waals surface area contributed by atoms with E-state index >= 15 is 0 Å². The van der Waals surface area contributed by atoms with Gasteiger partial charge >= 0.3 is 0 Å². The maximum absolute atomic E-state index is 14.0. The lowest BCUT2D eigenvalue weighted by atomic mass is 9.74. The Labute approximate surface area is 171 Å². The summed E-state index contributed by atoms with van der Waals surface area (Å²) in [5, 5.41) is 0. The number of hydrogen-bond acceptors (Lipinski definition) is 2. The van der Waals surface area contributed by atoms with Crippen LogP contribution in [-0.2, 0) is 16.0 Å². The zero-order chi connectivity index (χ0) is 21.2. The monoisotopic (exact) mass is 396 g/mol. The van der Waals surface area contributed by atoms with Crippen molar-refractivity contribution in [2.45, 2.75) is 40.0 Å². The Balaban J connectivity index is 1.83. The molecular weight excluding hydrogens is 367 g/mol.